The summed E-state index contributed by atoms with van der Waals surface area (Å²) in [5.41, 5.74) is 2.50. The van der Waals surface area contributed by atoms with Gasteiger partial charge in [0.15, 0.2) is 0 Å². The Bertz CT molecular complexity index is 1450. The van der Waals surface area contributed by atoms with Gasteiger partial charge in [-0.25, -0.2) is 16.8 Å². The Hall–Kier alpha value is -3.21. The number of anilines is 2. The van der Waals surface area contributed by atoms with Crippen LogP contribution in [0.1, 0.15) is 30.4 Å². The molecule has 1 N–H and O–H groups in total. The lowest BCUT2D eigenvalue weighted by molar-refractivity contribution is -0.114. The number of rotatable bonds is 8. The molecule has 1 fully saturated rings. The fourth-order valence-corrected chi connectivity index (χ4v) is 7.37. The van der Waals surface area contributed by atoms with Crippen molar-refractivity contribution in [1.29, 1.82) is 0 Å². The maximum absolute atomic E-state index is 13.5. The molecule has 196 valence electrons. The van der Waals surface area contributed by atoms with Gasteiger partial charge in [-0.05, 0) is 86.3 Å². The molecule has 0 aliphatic carbocycles. The zero-order valence-electron chi connectivity index (χ0n) is 20.9. The second kappa shape index (κ2) is 11.0. The fourth-order valence-electron chi connectivity index (χ4n) is 4.42. The van der Waals surface area contributed by atoms with Crippen molar-refractivity contribution in [3.8, 4) is 0 Å². The third-order valence-corrected chi connectivity index (χ3v) is 9.90. The van der Waals surface area contributed by atoms with Gasteiger partial charge in [0.25, 0.3) is 10.0 Å². The summed E-state index contributed by atoms with van der Waals surface area (Å²) < 4.78 is 55.4. The first kappa shape index (κ1) is 26.8. The highest BCUT2D eigenvalue weighted by atomic mass is 32.2. The molecule has 3 aromatic carbocycles. The summed E-state index contributed by atoms with van der Waals surface area (Å²) in [7, 11) is -7.61. The first-order chi connectivity index (χ1) is 17.6. The Kier molecular flexibility index (Phi) is 8.01. The van der Waals surface area contributed by atoms with Crippen molar-refractivity contribution in [2.75, 3.05) is 29.3 Å². The highest BCUT2D eigenvalue weighted by Crippen LogP contribution is 2.26. The van der Waals surface area contributed by atoms with Gasteiger partial charge in [-0.1, -0.05) is 30.7 Å². The lowest BCUT2D eigenvalue weighted by atomic mass is 10.1. The van der Waals surface area contributed by atoms with Crippen molar-refractivity contribution < 1.29 is 21.6 Å². The van der Waals surface area contributed by atoms with Crippen LogP contribution >= 0.6 is 0 Å². The molecule has 0 radical (unpaired) electrons. The summed E-state index contributed by atoms with van der Waals surface area (Å²) in [6, 6.07) is 19.3. The lowest BCUT2D eigenvalue weighted by Crippen LogP contribution is -2.38. The van der Waals surface area contributed by atoms with E-state index in [1.54, 1.807) is 30.3 Å². The average Bonchev–Trinajstić information content (AvgIpc) is 2.88. The molecule has 1 heterocycles. The standard InChI is InChI=1S/C27H31N3O5S2/c1-21-17-22(2)19-24(18-21)30(37(34,35)25-9-5-3-6-10-25)20-27(31)28-23-11-13-26(14-12-23)36(32,33)29-15-7-4-8-16-29/h3,5-6,9-14,17-19H,4,7-8,15-16,20H2,1-2H3,(H,28,31). The molecule has 0 saturated carbocycles. The van der Waals surface area contributed by atoms with E-state index in [0.29, 0.717) is 24.5 Å². The molecule has 0 bridgehead atoms. The van der Waals surface area contributed by atoms with Crippen LogP contribution in [-0.2, 0) is 24.8 Å². The van der Waals surface area contributed by atoms with E-state index in [1.165, 1.54) is 40.7 Å². The normalized spacial score (nSPS) is 14.8. The van der Waals surface area contributed by atoms with Crippen molar-refractivity contribution in [2.24, 2.45) is 0 Å². The number of sulfonamides is 2. The Labute approximate surface area is 219 Å². The van der Waals surface area contributed by atoms with Gasteiger partial charge < -0.3 is 5.32 Å². The van der Waals surface area contributed by atoms with E-state index in [4.69, 9.17) is 0 Å². The smallest absolute Gasteiger partial charge is 0.264 e. The highest BCUT2D eigenvalue weighted by molar-refractivity contribution is 7.92. The summed E-state index contributed by atoms with van der Waals surface area (Å²) in [5.74, 6) is -0.551. The summed E-state index contributed by atoms with van der Waals surface area (Å²) in [5, 5.41) is 2.70. The molecule has 0 aromatic heterocycles. The molecule has 0 unspecified atom stereocenters. The van der Waals surface area contributed by atoms with E-state index in [1.807, 2.05) is 19.9 Å². The maximum atomic E-state index is 13.5. The minimum atomic E-state index is -4.03. The van der Waals surface area contributed by atoms with E-state index in [-0.39, 0.29) is 9.79 Å². The van der Waals surface area contributed by atoms with Crippen molar-refractivity contribution in [3.63, 3.8) is 0 Å². The van der Waals surface area contributed by atoms with Crippen molar-refractivity contribution in [3.05, 3.63) is 83.9 Å². The second-order valence-electron chi connectivity index (χ2n) is 9.21. The van der Waals surface area contributed by atoms with Gasteiger partial charge in [-0.3, -0.25) is 9.10 Å². The van der Waals surface area contributed by atoms with Crippen LogP contribution in [0, 0.1) is 13.8 Å². The summed E-state index contributed by atoms with van der Waals surface area (Å²) in [6.45, 7) is 4.29. The molecule has 1 amide bonds. The van der Waals surface area contributed by atoms with Gasteiger partial charge in [0.1, 0.15) is 6.54 Å². The van der Waals surface area contributed by atoms with Crippen LogP contribution < -0.4 is 9.62 Å². The molecule has 37 heavy (non-hydrogen) atoms. The predicted molar refractivity (Wildman–Crippen MR) is 145 cm³/mol. The molecule has 1 aliphatic rings. The SMILES string of the molecule is Cc1cc(C)cc(N(CC(=O)Nc2ccc(S(=O)(=O)N3CCCCC3)cc2)S(=O)(=O)c2ccccc2)c1. The zero-order valence-corrected chi connectivity index (χ0v) is 22.6. The minimum Gasteiger partial charge on any atom is -0.325 e. The van der Waals surface area contributed by atoms with Crippen molar-refractivity contribution in [2.45, 2.75) is 42.9 Å². The first-order valence-electron chi connectivity index (χ1n) is 12.1. The number of nitrogens with zero attached hydrogens (tertiary/aromatic N) is 2. The Morgan fingerprint density at radius 2 is 1.41 bits per heavy atom. The molecule has 0 spiro atoms. The molecule has 4 rings (SSSR count). The largest absolute Gasteiger partial charge is 0.325 e. The Morgan fingerprint density at radius 1 is 0.811 bits per heavy atom. The number of nitrogens with one attached hydrogen (secondary N) is 1. The van der Waals surface area contributed by atoms with E-state index >= 15 is 0 Å². The summed E-state index contributed by atoms with van der Waals surface area (Å²) in [6.07, 6.45) is 2.71. The van der Waals surface area contributed by atoms with Gasteiger partial charge in [0, 0.05) is 18.8 Å². The number of carbonyl (C=O) groups is 1. The van der Waals surface area contributed by atoms with Gasteiger partial charge in [0.2, 0.25) is 15.9 Å². The zero-order chi connectivity index (χ0) is 26.6. The second-order valence-corrected chi connectivity index (χ2v) is 13.0. The predicted octanol–water partition coefficient (Wildman–Crippen LogP) is 4.31. The molecular weight excluding hydrogens is 510 g/mol. The van der Waals surface area contributed by atoms with Crippen LogP contribution in [0.25, 0.3) is 0 Å². The van der Waals surface area contributed by atoms with Crippen molar-refractivity contribution in [1.82, 2.24) is 4.31 Å². The van der Waals surface area contributed by atoms with Crippen LogP contribution in [0.3, 0.4) is 0 Å². The van der Waals surface area contributed by atoms with Crippen LogP contribution in [0.5, 0.6) is 0 Å². The number of amides is 1. The molecule has 10 heteroatoms. The third-order valence-electron chi connectivity index (χ3n) is 6.20. The Balaban J connectivity index is 1.56. The van der Waals surface area contributed by atoms with Gasteiger partial charge >= 0.3 is 0 Å². The number of hydrogen-bond donors (Lipinski definition) is 1. The van der Waals surface area contributed by atoms with Crippen LogP contribution in [0.15, 0.2) is 82.6 Å². The van der Waals surface area contributed by atoms with Crippen molar-refractivity contribution >= 4 is 37.3 Å². The topological polar surface area (TPSA) is 104 Å². The molecule has 1 saturated heterocycles. The average molecular weight is 542 g/mol. The van der Waals surface area contributed by atoms with E-state index in [9.17, 15) is 21.6 Å². The first-order valence-corrected chi connectivity index (χ1v) is 15.0. The van der Waals surface area contributed by atoms with Crippen LogP contribution in [0.2, 0.25) is 0 Å². The highest BCUT2D eigenvalue weighted by Gasteiger charge is 2.28. The molecule has 3 aromatic rings. The fraction of sp³-hybridized carbons (Fsp3) is 0.296. The van der Waals surface area contributed by atoms with Crippen LogP contribution in [-0.4, -0.2) is 46.7 Å². The van der Waals surface area contributed by atoms with Gasteiger partial charge in [-0.15, -0.1) is 0 Å². The van der Waals surface area contributed by atoms with E-state index in [2.05, 4.69) is 5.32 Å². The van der Waals surface area contributed by atoms with Gasteiger partial charge in [0.05, 0.1) is 15.5 Å². The van der Waals surface area contributed by atoms with E-state index in [0.717, 1.165) is 34.7 Å². The molecule has 1 aliphatic heterocycles. The monoisotopic (exact) mass is 541 g/mol. The number of hydrogen-bond acceptors (Lipinski definition) is 5. The molecule has 0 atom stereocenters. The lowest BCUT2D eigenvalue weighted by Gasteiger charge is -2.26. The third kappa shape index (κ3) is 6.20. The minimum absolute atomic E-state index is 0.0780. The quantitative estimate of drug-likeness (QED) is 0.458. The van der Waals surface area contributed by atoms with E-state index < -0.39 is 32.5 Å². The number of piperidine rings is 1. The molecule has 8 nitrogen and oxygen atoms in total. The molecular formula is C27H31N3O5S2. The Morgan fingerprint density at radius 3 is 2.00 bits per heavy atom. The summed E-state index contributed by atoms with van der Waals surface area (Å²) >= 11 is 0. The summed E-state index contributed by atoms with van der Waals surface area (Å²) in [4.78, 5) is 13.3. The van der Waals surface area contributed by atoms with Crippen LogP contribution in [0.4, 0.5) is 11.4 Å². The van der Waals surface area contributed by atoms with Gasteiger partial charge in [-0.2, -0.15) is 4.31 Å². The number of benzene rings is 3. The maximum Gasteiger partial charge on any atom is 0.264 e. The number of aryl methyl sites for hydroxylation is 2. The number of carbonyl (C=O) groups excluding carboxylic acids is 1.